The van der Waals surface area contributed by atoms with Crippen molar-refractivity contribution in [3.8, 4) is 0 Å². The van der Waals surface area contributed by atoms with Gasteiger partial charge in [-0.3, -0.25) is 4.79 Å². The molecule has 0 aliphatic rings. The van der Waals surface area contributed by atoms with E-state index in [1.165, 1.54) is 0 Å². The summed E-state index contributed by atoms with van der Waals surface area (Å²) in [4.78, 5) is 11.4. The Kier molecular flexibility index (Phi) is 6.69. The van der Waals surface area contributed by atoms with E-state index in [1.54, 1.807) is 18.1 Å². The second-order valence-electron chi connectivity index (χ2n) is 3.58. The minimum atomic E-state index is 0.119. The Bertz CT molecular complexity index is 340. The van der Waals surface area contributed by atoms with Crippen molar-refractivity contribution < 1.29 is 4.79 Å². The second kappa shape index (κ2) is 8.11. The van der Waals surface area contributed by atoms with Gasteiger partial charge in [0.1, 0.15) is 12.2 Å². The number of hydrogen-bond acceptors (Lipinski definition) is 4. The third-order valence-corrected chi connectivity index (χ3v) is 3.29. The van der Waals surface area contributed by atoms with E-state index in [2.05, 4.69) is 22.4 Å². The Morgan fingerprint density at radius 1 is 1.53 bits per heavy atom. The molecule has 0 bridgehead atoms. The van der Waals surface area contributed by atoms with E-state index in [4.69, 9.17) is 0 Å². The molecule has 0 saturated heterocycles. The molecule has 1 rings (SSSR count). The monoisotopic (exact) mass is 256 g/mol. The average Bonchev–Trinajstić information content (AvgIpc) is 2.77. The third kappa shape index (κ3) is 5.21. The number of nitrogens with zero attached hydrogens (tertiary/aromatic N) is 3. The first-order valence-electron chi connectivity index (χ1n) is 5.99. The number of carbonyl (C=O) groups is 1. The molecule has 1 amide bonds. The first-order chi connectivity index (χ1) is 8.27. The number of aryl methyl sites for hydroxylation is 1. The highest BCUT2D eigenvalue weighted by Crippen LogP contribution is 2.00. The molecule has 5 nitrogen and oxygen atoms in total. The van der Waals surface area contributed by atoms with Gasteiger partial charge >= 0.3 is 0 Å². The molecule has 0 aliphatic heterocycles. The summed E-state index contributed by atoms with van der Waals surface area (Å²) in [6.07, 6.45) is 3.05. The number of hydrogen-bond donors (Lipinski definition) is 1. The van der Waals surface area contributed by atoms with Crippen LogP contribution in [0.1, 0.15) is 26.1 Å². The largest absolute Gasteiger partial charge is 0.356 e. The van der Waals surface area contributed by atoms with Crippen molar-refractivity contribution in [3.05, 3.63) is 12.2 Å². The first-order valence-corrected chi connectivity index (χ1v) is 7.14. The fourth-order valence-corrected chi connectivity index (χ4v) is 2.07. The number of amides is 1. The van der Waals surface area contributed by atoms with E-state index in [0.29, 0.717) is 13.0 Å². The van der Waals surface area contributed by atoms with Gasteiger partial charge in [-0.05, 0) is 12.7 Å². The molecule has 1 N–H and O–H groups in total. The summed E-state index contributed by atoms with van der Waals surface area (Å²) in [5, 5.41) is 10.8. The SMILES string of the molecule is CCSCCC(=O)NCCc1nncn1CC. The van der Waals surface area contributed by atoms with Crippen molar-refractivity contribution in [2.75, 3.05) is 18.1 Å². The summed E-state index contributed by atoms with van der Waals surface area (Å²) >= 11 is 1.79. The fourth-order valence-electron chi connectivity index (χ4n) is 1.45. The molecular weight excluding hydrogens is 236 g/mol. The standard InChI is InChI=1S/C11H20N4OS/c1-3-15-9-13-14-10(15)5-7-12-11(16)6-8-17-4-2/h9H,3-8H2,1-2H3,(H,12,16). The molecule has 1 heterocycles. The number of aromatic nitrogens is 3. The Balaban J connectivity index is 2.17. The van der Waals surface area contributed by atoms with E-state index in [1.807, 2.05) is 11.5 Å². The molecule has 1 aromatic heterocycles. The zero-order valence-corrected chi connectivity index (χ0v) is 11.3. The van der Waals surface area contributed by atoms with Crippen molar-refractivity contribution in [2.45, 2.75) is 33.2 Å². The molecule has 0 aromatic carbocycles. The highest BCUT2D eigenvalue weighted by molar-refractivity contribution is 7.99. The quantitative estimate of drug-likeness (QED) is 0.708. The van der Waals surface area contributed by atoms with Gasteiger partial charge in [-0.25, -0.2) is 0 Å². The fraction of sp³-hybridized carbons (Fsp3) is 0.727. The van der Waals surface area contributed by atoms with Crippen LogP contribution in [-0.2, 0) is 17.8 Å². The average molecular weight is 256 g/mol. The Morgan fingerprint density at radius 3 is 3.06 bits per heavy atom. The van der Waals surface area contributed by atoms with E-state index in [-0.39, 0.29) is 5.91 Å². The molecule has 0 fully saturated rings. The van der Waals surface area contributed by atoms with Crippen LogP contribution in [0.3, 0.4) is 0 Å². The van der Waals surface area contributed by atoms with Crippen molar-refractivity contribution >= 4 is 17.7 Å². The minimum Gasteiger partial charge on any atom is -0.356 e. The second-order valence-corrected chi connectivity index (χ2v) is 4.97. The van der Waals surface area contributed by atoms with Crippen LogP contribution in [0.25, 0.3) is 0 Å². The number of carbonyl (C=O) groups excluding carboxylic acids is 1. The van der Waals surface area contributed by atoms with Gasteiger partial charge in [-0.2, -0.15) is 11.8 Å². The van der Waals surface area contributed by atoms with Crippen molar-refractivity contribution in [3.63, 3.8) is 0 Å². The van der Waals surface area contributed by atoms with E-state index < -0.39 is 0 Å². The topological polar surface area (TPSA) is 59.8 Å². The maximum atomic E-state index is 11.4. The van der Waals surface area contributed by atoms with Gasteiger partial charge in [0.25, 0.3) is 0 Å². The van der Waals surface area contributed by atoms with Gasteiger partial charge in [0.15, 0.2) is 0 Å². The predicted octanol–water partition coefficient (Wildman–Crippen LogP) is 1.10. The summed E-state index contributed by atoms with van der Waals surface area (Å²) in [6, 6.07) is 0. The molecule has 0 saturated carbocycles. The van der Waals surface area contributed by atoms with Crippen LogP contribution in [-0.4, -0.2) is 38.7 Å². The van der Waals surface area contributed by atoms with E-state index >= 15 is 0 Å². The van der Waals surface area contributed by atoms with Crippen LogP contribution in [0.15, 0.2) is 6.33 Å². The maximum Gasteiger partial charge on any atom is 0.220 e. The van der Waals surface area contributed by atoms with Gasteiger partial charge in [0.2, 0.25) is 5.91 Å². The van der Waals surface area contributed by atoms with Crippen LogP contribution in [0.4, 0.5) is 0 Å². The van der Waals surface area contributed by atoms with Crippen LogP contribution < -0.4 is 5.32 Å². The highest BCUT2D eigenvalue weighted by atomic mass is 32.2. The van der Waals surface area contributed by atoms with Gasteiger partial charge in [-0.15, -0.1) is 10.2 Å². The lowest BCUT2D eigenvalue weighted by Crippen LogP contribution is -2.26. The lowest BCUT2D eigenvalue weighted by Gasteiger charge is -2.05. The molecule has 0 atom stereocenters. The van der Waals surface area contributed by atoms with Crippen LogP contribution >= 0.6 is 11.8 Å². The zero-order valence-electron chi connectivity index (χ0n) is 10.5. The molecule has 0 aliphatic carbocycles. The van der Waals surface area contributed by atoms with Gasteiger partial charge in [0.05, 0.1) is 0 Å². The van der Waals surface area contributed by atoms with Gasteiger partial charge in [-0.1, -0.05) is 6.92 Å². The smallest absolute Gasteiger partial charge is 0.220 e. The summed E-state index contributed by atoms with van der Waals surface area (Å²) in [5.41, 5.74) is 0. The lowest BCUT2D eigenvalue weighted by molar-refractivity contribution is -0.120. The Hall–Kier alpha value is -1.04. The van der Waals surface area contributed by atoms with E-state index in [0.717, 1.165) is 30.3 Å². The molecule has 0 spiro atoms. The summed E-state index contributed by atoms with van der Waals surface area (Å²) in [6.45, 7) is 5.64. The highest BCUT2D eigenvalue weighted by Gasteiger charge is 2.04. The number of rotatable bonds is 8. The van der Waals surface area contributed by atoms with Gasteiger partial charge < -0.3 is 9.88 Å². The molecule has 96 valence electrons. The van der Waals surface area contributed by atoms with Crippen LogP contribution in [0, 0.1) is 0 Å². The summed E-state index contributed by atoms with van der Waals surface area (Å²) in [5.74, 6) is 3.00. The Labute approximate surface area is 106 Å². The van der Waals surface area contributed by atoms with Crippen molar-refractivity contribution in [2.24, 2.45) is 0 Å². The van der Waals surface area contributed by atoms with Crippen molar-refractivity contribution in [1.82, 2.24) is 20.1 Å². The zero-order chi connectivity index (χ0) is 12.5. The molecule has 0 unspecified atom stereocenters. The summed E-state index contributed by atoms with van der Waals surface area (Å²) < 4.78 is 1.99. The molecule has 0 radical (unpaired) electrons. The maximum absolute atomic E-state index is 11.4. The summed E-state index contributed by atoms with van der Waals surface area (Å²) in [7, 11) is 0. The number of thioether (sulfide) groups is 1. The normalized spacial score (nSPS) is 10.5. The lowest BCUT2D eigenvalue weighted by atomic mass is 10.3. The Morgan fingerprint density at radius 2 is 2.35 bits per heavy atom. The molecule has 17 heavy (non-hydrogen) atoms. The third-order valence-electron chi connectivity index (χ3n) is 2.38. The predicted molar refractivity (Wildman–Crippen MR) is 70.0 cm³/mol. The van der Waals surface area contributed by atoms with Crippen LogP contribution in [0.5, 0.6) is 0 Å². The molecule has 6 heteroatoms. The van der Waals surface area contributed by atoms with E-state index in [9.17, 15) is 4.79 Å². The molecular formula is C11H20N4OS. The molecule has 1 aromatic rings. The number of nitrogens with one attached hydrogen (secondary N) is 1. The minimum absolute atomic E-state index is 0.119. The first kappa shape index (κ1) is 14.0. The van der Waals surface area contributed by atoms with Gasteiger partial charge in [0, 0.05) is 31.7 Å². The van der Waals surface area contributed by atoms with Crippen molar-refractivity contribution in [1.29, 1.82) is 0 Å². The van der Waals surface area contributed by atoms with Crippen LogP contribution in [0.2, 0.25) is 0 Å².